The van der Waals surface area contributed by atoms with Crippen LogP contribution in [0.5, 0.6) is 5.75 Å². The Labute approximate surface area is 267 Å². The summed E-state index contributed by atoms with van der Waals surface area (Å²) < 4.78 is 12.1. The number of benzene rings is 1. The van der Waals surface area contributed by atoms with E-state index in [-0.39, 0.29) is 46.2 Å². The van der Waals surface area contributed by atoms with E-state index < -0.39 is 40.1 Å². The number of nitrogens with zero attached hydrogens (tertiary/aromatic N) is 5. The Hall–Kier alpha value is -4.42. The Bertz CT molecular complexity index is 1820. The number of nitrogens with two attached hydrogens (primary N) is 1. The maximum atomic E-state index is 13.6. The lowest BCUT2D eigenvalue weighted by Crippen LogP contribution is -2.62. The van der Waals surface area contributed by atoms with Gasteiger partial charge in [0.05, 0.1) is 18.4 Å². The van der Waals surface area contributed by atoms with Crippen molar-refractivity contribution in [3.05, 3.63) is 72.9 Å². The lowest BCUT2D eigenvalue weighted by Gasteiger charge is -2.49. The number of anilines is 1. The molecule has 0 aliphatic carbocycles. The highest BCUT2D eigenvalue weighted by atomic mass is 32.2. The van der Waals surface area contributed by atoms with Gasteiger partial charge in [-0.15, -0.1) is 23.1 Å². The van der Waals surface area contributed by atoms with Crippen molar-refractivity contribution in [3.8, 4) is 5.75 Å². The number of aromatic amines is 1. The van der Waals surface area contributed by atoms with E-state index >= 15 is 0 Å². The molecule has 18 heteroatoms. The molecule has 1 saturated heterocycles. The second kappa shape index (κ2) is 13.7. The molecule has 2 aliphatic rings. The lowest BCUT2D eigenvalue weighted by atomic mass is 9.89. The average Bonchev–Trinajstić information content (AvgIpc) is 3.47. The number of carbonyl (C=O) groups is 3. The molecular weight excluding hydrogens is 647 g/mol. The van der Waals surface area contributed by atoms with Crippen molar-refractivity contribution >= 4 is 63.4 Å². The van der Waals surface area contributed by atoms with Crippen molar-refractivity contribution < 1.29 is 28.7 Å². The molecule has 2 aromatic heterocycles. The smallest absolute Gasteiger partial charge is 0.355 e. The van der Waals surface area contributed by atoms with Crippen LogP contribution in [0.4, 0.5) is 5.13 Å². The fraction of sp³-hybridized carbons (Fsp3) is 0.333. The van der Waals surface area contributed by atoms with Crippen molar-refractivity contribution in [1.29, 1.82) is 0 Å². The number of amides is 1. The van der Waals surface area contributed by atoms with Crippen LogP contribution in [0.2, 0.25) is 0 Å². The van der Waals surface area contributed by atoms with Gasteiger partial charge in [0.2, 0.25) is 5.91 Å². The number of hydrogen-bond acceptors (Lipinski definition) is 15. The van der Waals surface area contributed by atoms with Crippen LogP contribution in [0.3, 0.4) is 0 Å². The number of Topliss-reactive ketones (excluding diaryl/α,β-unsaturated/α-hetero) is 1. The number of aromatic nitrogens is 4. The molecule has 3 aromatic rings. The molecule has 45 heavy (non-hydrogen) atoms. The number of ether oxygens (including phenoxy) is 2. The summed E-state index contributed by atoms with van der Waals surface area (Å²) in [6.45, 7) is -0.0574. The van der Waals surface area contributed by atoms with Gasteiger partial charge in [0.25, 0.3) is 0 Å². The van der Waals surface area contributed by atoms with Crippen LogP contribution >= 0.6 is 34.9 Å². The number of methoxy groups -OCH3 is 1. The molecule has 0 radical (unpaired) electrons. The molecule has 0 bridgehead atoms. The van der Waals surface area contributed by atoms with Gasteiger partial charge in [-0.2, -0.15) is 4.98 Å². The fourth-order valence-electron chi connectivity index (χ4n) is 4.62. The Kier molecular flexibility index (Phi) is 9.74. The third-order valence-corrected chi connectivity index (χ3v) is 10.0. The summed E-state index contributed by atoms with van der Waals surface area (Å²) >= 11 is 3.65. The summed E-state index contributed by atoms with van der Waals surface area (Å²) in [5.74, 6) is -1.19. The van der Waals surface area contributed by atoms with E-state index in [0.29, 0.717) is 22.6 Å². The van der Waals surface area contributed by atoms with Crippen molar-refractivity contribution in [3.63, 3.8) is 0 Å². The molecule has 0 spiro atoms. The van der Waals surface area contributed by atoms with Gasteiger partial charge in [0.1, 0.15) is 30.9 Å². The van der Waals surface area contributed by atoms with Crippen LogP contribution in [0.15, 0.2) is 60.8 Å². The zero-order valence-electron chi connectivity index (χ0n) is 24.2. The number of oxime groups is 1. The summed E-state index contributed by atoms with van der Waals surface area (Å²) in [6.07, 6.45) is -0.186. The van der Waals surface area contributed by atoms with Crippen LogP contribution in [0.25, 0.3) is 0 Å². The quantitative estimate of drug-likeness (QED) is 0.0693. The first kappa shape index (κ1) is 32.0. The maximum absolute atomic E-state index is 13.6. The summed E-state index contributed by atoms with van der Waals surface area (Å²) in [5.41, 5.74) is 5.46. The van der Waals surface area contributed by atoms with E-state index in [4.69, 9.17) is 20.0 Å². The van der Waals surface area contributed by atoms with Gasteiger partial charge in [0.15, 0.2) is 21.8 Å². The van der Waals surface area contributed by atoms with E-state index in [2.05, 4.69) is 20.2 Å². The Morgan fingerprint density at radius 1 is 1.18 bits per heavy atom. The predicted molar refractivity (Wildman–Crippen MR) is 167 cm³/mol. The minimum absolute atomic E-state index is 0.0525. The molecule has 0 unspecified atom stereocenters. The zero-order valence-corrected chi connectivity index (χ0v) is 26.6. The number of aryl methyl sites for hydroxylation is 1. The first-order valence-corrected chi connectivity index (χ1v) is 16.1. The second-order valence-electron chi connectivity index (χ2n) is 9.70. The third-order valence-electron chi connectivity index (χ3n) is 6.82. The molecule has 0 saturated carbocycles. The molecule has 15 nitrogen and oxygen atoms in total. The number of thiazole rings is 1. The first-order chi connectivity index (χ1) is 21.6. The highest BCUT2D eigenvalue weighted by Crippen LogP contribution is 2.46. The van der Waals surface area contributed by atoms with E-state index in [0.717, 1.165) is 23.1 Å². The van der Waals surface area contributed by atoms with E-state index in [1.807, 2.05) is 0 Å². The largest absolute Gasteiger partial charge is 0.497 e. The predicted octanol–water partition coefficient (Wildman–Crippen LogP) is 1.15. The van der Waals surface area contributed by atoms with Gasteiger partial charge < -0.3 is 20.0 Å². The zero-order chi connectivity index (χ0) is 32.2. The van der Waals surface area contributed by atoms with Gasteiger partial charge >= 0.3 is 17.1 Å². The van der Waals surface area contributed by atoms with Crippen molar-refractivity contribution in [1.82, 2.24) is 24.6 Å². The molecule has 4 heterocycles. The number of rotatable bonds is 12. The monoisotopic (exact) mass is 673 g/mol. The molecule has 5 rings (SSSR count). The normalized spacial score (nSPS) is 17.9. The Balaban J connectivity index is 1.38. The number of esters is 1. The number of fused-ring (bicyclic) bond motifs is 1. The second-order valence-corrected chi connectivity index (χ2v) is 12.6. The highest BCUT2D eigenvalue weighted by Gasteiger charge is 2.54. The van der Waals surface area contributed by atoms with Gasteiger partial charge in [-0.1, -0.05) is 29.1 Å². The average molecular weight is 674 g/mol. The number of nitrogen functional groups attached to an aromatic ring is 1. The number of β-lactam (4-membered cyclic amide) rings is 1. The highest BCUT2D eigenvalue weighted by molar-refractivity contribution is 8.01. The van der Waals surface area contributed by atoms with E-state index in [9.17, 15) is 24.0 Å². The summed E-state index contributed by atoms with van der Waals surface area (Å²) in [7, 11) is 4.37. The molecule has 236 valence electrons. The molecule has 1 amide bonds. The number of hydrogen-bond donors (Lipinski definition) is 2. The van der Waals surface area contributed by atoms with Crippen molar-refractivity contribution in [2.75, 3.05) is 31.5 Å². The van der Waals surface area contributed by atoms with Gasteiger partial charge in [-0.3, -0.25) is 33.9 Å². The minimum atomic E-state index is -0.941. The minimum Gasteiger partial charge on any atom is -0.497 e. The van der Waals surface area contributed by atoms with Gasteiger partial charge in [0, 0.05) is 30.4 Å². The van der Waals surface area contributed by atoms with Crippen LogP contribution in [-0.4, -0.2) is 79.1 Å². The van der Waals surface area contributed by atoms with Gasteiger partial charge in [-0.25, -0.2) is 9.78 Å². The van der Waals surface area contributed by atoms with Gasteiger partial charge in [-0.05, 0) is 23.3 Å². The van der Waals surface area contributed by atoms with Crippen LogP contribution < -0.4 is 21.6 Å². The molecule has 1 aromatic carbocycles. The lowest BCUT2D eigenvalue weighted by molar-refractivity contribution is -0.155. The Morgan fingerprint density at radius 3 is 2.60 bits per heavy atom. The Morgan fingerprint density at radius 2 is 1.93 bits per heavy atom. The van der Waals surface area contributed by atoms with E-state index in [1.54, 1.807) is 36.8 Å². The number of nitrogens with one attached hydrogen (secondary N) is 1. The van der Waals surface area contributed by atoms with Crippen LogP contribution in [0, 0.1) is 5.92 Å². The topological polar surface area (TPSA) is 201 Å². The van der Waals surface area contributed by atoms with Crippen molar-refractivity contribution in [2.24, 2.45) is 18.1 Å². The maximum Gasteiger partial charge on any atom is 0.355 e. The molecule has 2 atom stereocenters. The SMILES string of the molecule is CO/N=C(\C(=O)C[C@@H]1C(=O)N2C(C(=O)OCc3ccc(OC)cc3)=C(CSc3nc(=O)c(=O)[nH]n3C)CS[C@H]12)c1csc(N)n1. The summed E-state index contributed by atoms with van der Waals surface area (Å²) in [4.78, 5) is 78.0. The summed E-state index contributed by atoms with van der Waals surface area (Å²) in [6, 6.07) is 6.98. The molecule has 3 N–H and O–H groups in total. The number of carbonyl (C=O) groups excluding carboxylic acids is 3. The van der Waals surface area contributed by atoms with Crippen LogP contribution in [0.1, 0.15) is 17.7 Å². The third kappa shape index (κ3) is 6.81. The van der Waals surface area contributed by atoms with Crippen LogP contribution in [-0.2, 0) is 37.6 Å². The fourth-order valence-corrected chi connectivity index (χ4v) is 7.64. The number of thioether (sulfide) groups is 2. The number of ketones is 1. The first-order valence-electron chi connectivity index (χ1n) is 13.2. The molecule has 1 fully saturated rings. The molecule has 2 aliphatic heterocycles. The molecular formula is C27H27N7O8S3. The van der Waals surface area contributed by atoms with E-state index in [1.165, 1.54) is 35.5 Å². The standard InChI is InChI=1S/C27H27N7O8S3/c1-33-27(30-21(36)22(37)31-33)45-11-14-10-43-24-16(8-18(35)19(32-41-3)17-12-44-26(28)29-17)23(38)34(24)20(14)25(39)42-9-13-4-6-15(40-2)7-5-13/h4-7,12,16,24H,8-11H2,1-3H3,(H2,28,29)(H,31,37)/b32-19-/t16-,24-/m1/s1. The van der Waals surface area contributed by atoms with Crippen molar-refractivity contribution in [2.45, 2.75) is 23.6 Å². The summed E-state index contributed by atoms with van der Waals surface area (Å²) in [5, 5.41) is 7.73. The number of H-pyrrole nitrogens is 1.